The number of aryl methyl sites for hydroxylation is 2. The summed E-state index contributed by atoms with van der Waals surface area (Å²) in [5.74, 6) is 2.74. The van der Waals surface area contributed by atoms with Gasteiger partial charge in [0.1, 0.15) is 5.82 Å². The third-order valence-electron chi connectivity index (χ3n) is 3.34. The smallest absolute Gasteiger partial charge is 0.225 e. The predicted octanol–water partition coefficient (Wildman–Crippen LogP) is 2.13. The molecule has 3 heterocycles. The van der Waals surface area contributed by atoms with E-state index in [9.17, 15) is 4.79 Å². The molecule has 104 valence electrons. The first-order chi connectivity index (χ1) is 9.74. The van der Waals surface area contributed by atoms with Gasteiger partial charge in [0, 0.05) is 42.9 Å². The van der Waals surface area contributed by atoms with Gasteiger partial charge >= 0.3 is 0 Å². The molecule has 0 fully saturated rings. The molecule has 0 unspecified atom stereocenters. The summed E-state index contributed by atoms with van der Waals surface area (Å²) in [7, 11) is 1.87. The van der Waals surface area contributed by atoms with Crippen LogP contribution in [-0.4, -0.2) is 20.7 Å². The van der Waals surface area contributed by atoms with E-state index in [-0.39, 0.29) is 5.91 Å². The Labute approximate surface area is 121 Å². The SMILES string of the molecule is Cn1nc2c(c1NC(=O)CCc1cccnc1)CSC2. The highest BCUT2D eigenvalue weighted by atomic mass is 32.2. The van der Waals surface area contributed by atoms with Crippen molar-refractivity contribution in [3.05, 3.63) is 41.3 Å². The maximum atomic E-state index is 12.1. The summed E-state index contributed by atoms with van der Waals surface area (Å²) in [4.78, 5) is 16.1. The van der Waals surface area contributed by atoms with E-state index < -0.39 is 0 Å². The van der Waals surface area contributed by atoms with Crippen LogP contribution in [0.1, 0.15) is 23.2 Å². The highest BCUT2D eigenvalue weighted by molar-refractivity contribution is 7.98. The molecule has 0 saturated carbocycles. The van der Waals surface area contributed by atoms with Gasteiger partial charge < -0.3 is 5.32 Å². The molecule has 2 aromatic rings. The Kier molecular flexibility index (Phi) is 3.73. The van der Waals surface area contributed by atoms with Crippen LogP contribution in [0, 0.1) is 0 Å². The molecule has 0 spiro atoms. The van der Waals surface area contributed by atoms with Gasteiger partial charge in [-0.2, -0.15) is 16.9 Å². The molecule has 1 aliphatic heterocycles. The van der Waals surface area contributed by atoms with Crippen molar-refractivity contribution >= 4 is 23.5 Å². The quantitative estimate of drug-likeness (QED) is 0.936. The van der Waals surface area contributed by atoms with Crippen molar-refractivity contribution in [1.82, 2.24) is 14.8 Å². The number of aromatic nitrogens is 3. The molecule has 3 rings (SSSR count). The van der Waals surface area contributed by atoms with Crippen molar-refractivity contribution < 1.29 is 4.79 Å². The Morgan fingerprint density at radius 2 is 2.40 bits per heavy atom. The topological polar surface area (TPSA) is 59.8 Å². The number of hydrogen-bond donors (Lipinski definition) is 1. The van der Waals surface area contributed by atoms with Crippen LogP contribution in [0.5, 0.6) is 0 Å². The lowest BCUT2D eigenvalue weighted by molar-refractivity contribution is -0.116. The molecule has 1 aliphatic rings. The van der Waals surface area contributed by atoms with Crippen LogP contribution < -0.4 is 5.32 Å². The van der Waals surface area contributed by atoms with E-state index in [2.05, 4.69) is 15.4 Å². The molecule has 0 saturated heterocycles. The molecule has 0 radical (unpaired) electrons. The zero-order valence-corrected chi connectivity index (χ0v) is 12.1. The minimum Gasteiger partial charge on any atom is -0.311 e. The van der Waals surface area contributed by atoms with Crippen LogP contribution in [-0.2, 0) is 29.8 Å². The molecule has 0 atom stereocenters. The number of nitrogens with one attached hydrogen (secondary N) is 1. The molecule has 0 aromatic carbocycles. The average molecular weight is 288 g/mol. The summed E-state index contributed by atoms with van der Waals surface area (Å²) in [5.41, 5.74) is 3.35. The maximum absolute atomic E-state index is 12.1. The minimum absolute atomic E-state index is 0.0246. The van der Waals surface area contributed by atoms with E-state index in [1.807, 2.05) is 30.9 Å². The summed E-state index contributed by atoms with van der Waals surface area (Å²) in [6.45, 7) is 0. The zero-order valence-electron chi connectivity index (χ0n) is 11.3. The third-order valence-corrected chi connectivity index (χ3v) is 4.31. The number of amides is 1. The van der Waals surface area contributed by atoms with Gasteiger partial charge in [0.25, 0.3) is 0 Å². The van der Waals surface area contributed by atoms with Crippen molar-refractivity contribution in [2.24, 2.45) is 7.05 Å². The Morgan fingerprint density at radius 3 is 3.20 bits per heavy atom. The zero-order chi connectivity index (χ0) is 13.9. The Balaban J connectivity index is 1.62. The molecule has 0 aliphatic carbocycles. The molecule has 6 heteroatoms. The summed E-state index contributed by atoms with van der Waals surface area (Å²) in [6, 6.07) is 3.87. The van der Waals surface area contributed by atoms with E-state index in [4.69, 9.17) is 0 Å². The lowest BCUT2D eigenvalue weighted by Gasteiger charge is -2.07. The van der Waals surface area contributed by atoms with Crippen molar-refractivity contribution in [2.45, 2.75) is 24.3 Å². The monoisotopic (exact) mass is 288 g/mol. The second kappa shape index (κ2) is 5.66. The van der Waals surface area contributed by atoms with E-state index in [0.717, 1.165) is 28.6 Å². The van der Waals surface area contributed by atoms with E-state index in [1.54, 1.807) is 17.1 Å². The number of carbonyl (C=O) groups is 1. The fourth-order valence-corrected chi connectivity index (χ4v) is 3.33. The van der Waals surface area contributed by atoms with E-state index >= 15 is 0 Å². The number of carbonyl (C=O) groups excluding carboxylic acids is 1. The standard InChI is InChI=1S/C14H16N4OS/c1-18-14(11-8-20-9-12(11)17-18)16-13(19)5-4-10-3-2-6-15-7-10/h2-3,6-7H,4-5,8-9H2,1H3,(H,16,19). The van der Waals surface area contributed by atoms with Gasteiger partial charge in [-0.1, -0.05) is 6.07 Å². The van der Waals surface area contributed by atoms with Gasteiger partial charge in [-0.15, -0.1) is 0 Å². The fourth-order valence-electron chi connectivity index (χ4n) is 2.30. The maximum Gasteiger partial charge on any atom is 0.225 e. The first-order valence-electron chi connectivity index (χ1n) is 6.55. The number of pyridine rings is 1. The normalized spacial score (nSPS) is 13.2. The third kappa shape index (κ3) is 2.70. The molecular formula is C14H16N4OS. The van der Waals surface area contributed by atoms with Crippen LogP contribution in [0.2, 0.25) is 0 Å². The molecule has 0 bridgehead atoms. The van der Waals surface area contributed by atoms with Gasteiger partial charge in [0.15, 0.2) is 0 Å². The summed E-state index contributed by atoms with van der Waals surface area (Å²) in [5, 5.41) is 7.42. The highest BCUT2D eigenvalue weighted by Gasteiger charge is 2.22. The van der Waals surface area contributed by atoms with Crippen molar-refractivity contribution in [3.8, 4) is 0 Å². The Bertz CT molecular complexity index is 624. The van der Waals surface area contributed by atoms with E-state index in [0.29, 0.717) is 12.8 Å². The molecule has 2 aromatic heterocycles. The molecule has 20 heavy (non-hydrogen) atoms. The number of thioether (sulfide) groups is 1. The van der Waals surface area contributed by atoms with Gasteiger partial charge in [-0.3, -0.25) is 14.5 Å². The highest BCUT2D eigenvalue weighted by Crippen LogP contribution is 2.34. The summed E-state index contributed by atoms with van der Waals surface area (Å²) < 4.78 is 1.77. The first kappa shape index (κ1) is 13.2. The molecule has 1 N–H and O–H groups in total. The lowest BCUT2D eigenvalue weighted by atomic mass is 10.1. The van der Waals surface area contributed by atoms with Gasteiger partial charge in [-0.05, 0) is 18.1 Å². The average Bonchev–Trinajstić information content (AvgIpc) is 3.01. The number of hydrogen-bond acceptors (Lipinski definition) is 4. The van der Waals surface area contributed by atoms with Gasteiger partial charge in [0.2, 0.25) is 5.91 Å². The van der Waals surface area contributed by atoms with Crippen LogP contribution in [0.15, 0.2) is 24.5 Å². The van der Waals surface area contributed by atoms with Crippen molar-refractivity contribution in [3.63, 3.8) is 0 Å². The molecule has 1 amide bonds. The first-order valence-corrected chi connectivity index (χ1v) is 7.71. The van der Waals surface area contributed by atoms with Crippen LogP contribution >= 0.6 is 11.8 Å². The van der Waals surface area contributed by atoms with Crippen molar-refractivity contribution in [1.29, 1.82) is 0 Å². The van der Waals surface area contributed by atoms with Gasteiger partial charge in [-0.25, -0.2) is 0 Å². The summed E-state index contributed by atoms with van der Waals surface area (Å²) >= 11 is 1.83. The molecular weight excluding hydrogens is 272 g/mol. The predicted molar refractivity (Wildman–Crippen MR) is 79.4 cm³/mol. The van der Waals surface area contributed by atoms with Crippen LogP contribution in [0.3, 0.4) is 0 Å². The fraction of sp³-hybridized carbons (Fsp3) is 0.357. The second-order valence-corrected chi connectivity index (χ2v) is 5.79. The number of fused-ring (bicyclic) bond motifs is 1. The van der Waals surface area contributed by atoms with Crippen molar-refractivity contribution in [2.75, 3.05) is 5.32 Å². The Morgan fingerprint density at radius 1 is 1.50 bits per heavy atom. The Hall–Kier alpha value is -1.82. The minimum atomic E-state index is 0.0246. The summed E-state index contributed by atoms with van der Waals surface area (Å²) in [6.07, 6.45) is 4.69. The molecule has 5 nitrogen and oxygen atoms in total. The number of nitrogens with zero attached hydrogens (tertiary/aromatic N) is 3. The number of rotatable bonds is 4. The van der Waals surface area contributed by atoms with E-state index in [1.165, 1.54) is 5.56 Å². The largest absolute Gasteiger partial charge is 0.311 e. The lowest BCUT2D eigenvalue weighted by Crippen LogP contribution is -2.16. The van der Waals surface area contributed by atoms with Crippen LogP contribution in [0.4, 0.5) is 5.82 Å². The van der Waals surface area contributed by atoms with Crippen LogP contribution in [0.25, 0.3) is 0 Å². The van der Waals surface area contributed by atoms with Gasteiger partial charge in [0.05, 0.1) is 5.69 Å². The second-order valence-electron chi connectivity index (χ2n) is 4.80. The number of anilines is 1.